The largest absolute Gasteiger partial charge is 0.351 e. The van der Waals surface area contributed by atoms with Crippen LogP contribution in [0.25, 0.3) is 0 Å². The van der Waals surface area contributed by atoms with Crippen molar-refractivity contribution in [3.8, 4) is 0 Å². The van der Waals surface area contributed by atoms with E-state index in [0.29, 0.717) is 12.5 Å². The van der Waals surface area contributed by atoms with Crippen molar-refractivity contribution in [2.75, 3.05) is 17.3 Å². The van der Waals surface area contributed by atoms with Crippen molar-refractivity contribution in [3.05, 3.63) is 0 Å². The Kier molecular flexibility index (Phi) is 3.73. The normalized spacial score (nSPS) is 35.5. The van der Waals surface area contributed by atoms with Crippen molar-refractivity contribution in [1.29, 1.82) is 0 Å². The molecular weight excluding hydrogens is 280 g/mol. The molecule has 4 nitrogen and oxygen atoms in total. The summed E-state index contributed by atoms with van der Waals surface area (Å²) in [5.41, 5.74) is 0. The first-order valence-corrected chi connectivity index (χ1v) is 9.08. The molecule has 3 rings (SSSR count). The van der Waals surface area contributed by atoms with Crippen LogP contribution in [0.4, 0.5) is 0 Å². The van der Waals surface area contributed by atoms with E-state index < -0.39 is 0 Å². The molecule has 2 amide bonds. The fraction of sp³-hybridized carbons (Fsp3) is 0.846. The highest BCUT2D eigenvalue weighted by atomic mass is 32.2. The van der Waals surface area contributed by atoms with Gasteiger partial charge in [0, 0.05) is 18.2 Å². The zero-order chi connectivity index (χ0) is 13.5. The molecule has 0 bridgehead atoms. The van der Waals surface area contributed by atoms with Gasteiger partial charge in [-0.2, -0.15) is 11.8 Å². The zero-order valence-electron chi connectivity index (χ0n) is 11.2. The molecule has 3 saturated heterocycles. The topological polar surface area (TPSA) is 49.4 Å². The summed E-state index contributed by atoms with van der Waals surface area (Å²) in [7, 11) is 0. The van der Waals surface area contributed by atoms with Crippen molar-refractivity contribution in [2.45, 2.75) is 49.6 Å². The van der Waals surface area contributed by atoms with Crippen molar-refractivity contribution in [3.63, 3.8) is 0 Å². The van der Waals surface area contributed by atoms with Gasteiger partial charge in [0.15, 0.2) is 0 Å². The fourth-order valence-corrected chi connectivity index (χ4v) is 5.69. The Labute approximate surface area is 122 Å². The predicted molar refractivity (Wildman–Crippen MR) is 79.2 cm³/mol. The van der Waals surface area contributed by atoms with E-state index >= 15 is 0 Å². The van der Waals surface area contributed by atoms with Crippen molar-refractivity contribution < 1.29 is 9.59 Å². The standard InChI is InChI=1S/C13H20N2O2S2/c1-13-5-2-11(16)15(13)10(8-19-13)12(17)14-9-3-6-18-7-4-9/h9-10H,2-8H2,1H3,(H,14,17)/t10-,13+/m0/s1. The maximum absolute atomic E-state index is 12.4. The van der Waals surface area contributed by atoms with Gasteiger partial charge in [0.05, 0.1) is 4.87 Å². The molecule has 0 spiro atoms. The van der Waals surface area contributed by atoms with Gasteiger partial charge in [-0.1, -0.05) is 0 Å². The number of rotatable bonds is 2. The third-order valence-electron chi connectivity index (χ3n) is 4.32. The van der Waals surface area contributed by atoms with Gasteiger partial charge in [-0.3, -0.25) is 9.59 Å². The number of thioether (sulfide) groups is 2. The van der Waals surface area contributed by atoms with Gasteiger partial charge in [0.25, 0.3) is 0 Å². The number of hydrogen-bond donors (Lipinski definition) is 1. The number of carbonyl (C=O) groups excluding carboxylic acids is 2. The lowest BCUT2D eigenvalue weighted by atomic mass is 10.1. The van der Waals surface area contributed by atoms with Crippen LogP contribution in [0.3, 0.4) is 0 Å². The summed E-state index contributed by atoms with van der Waals surface area (Å²) in [5.74, 6) is 3.21. The minimum absolute atomic E-state index is 0.0587. The van der Waals surface area contributed by atoms with E-state index in [0.717, 1.165) is 36.5 Å². The Bertz CT molecular complexity index is 398. The van der Waals surface area contributed by atoms with Gasteiger partial charge in [-0.05, 0) is 37.7 Å². The number of carbonyl (C=O) groups is 2. The summed E-state index contributed by atoms with van der Waals surface area (Å²) in [6.07, 6.45) is 3.58. The van der Waals surface area contributed by atoms with Gasteiger partial charge in [0.2, 0.25) is 11.8 Å². The molecule has 2 atom stereocenters. The molecule has 0 aromatic carbocycles. The number of fused-ring (bicyclic) bond motifs is 1. The first-order chi connectivity index (χ1) is 9.10. The average Bonchev–Trinajstić information content (AvgIpc) is 2.88. The smallest absolute Gasteiger partial charge is 0.243 e. The van der Waals surface area contributed by atoms with E-state index in [1.54, 1.807) is 11.8 Å². The van der Waals surface area contributed by atoms with Crippen LogP contribution >= 0.6 is 23.5 Å². The van der Waals surface area contributed by atoms with E-state index in [9.17, 15) is 9.59 Å². The third-order valence-corrected chi connectivity index (χ3v) is 6.87. The third kappa shape index (κ3) is 2.49. The molecule has 0 radical (unpaired) electrons. The average molecular weight is 300 g/mol. The first-order valence-electron chi connectivity index (χ1n) is 6.94. The molecule has 3 aliphatic rings. The lowest BCUT2D eigenvalue weighted by molar-refractivity contribution is -0.138. The summed E-state index contributed by atoms with van der Waals surface area (Å²) in [4.78, 5) is 26.1. The predicted octanol–water partition coefficient (Wildman–Crippen LogP) is 1.45. The monoisotopic (exact) mass is 300 g/mol. The highest BCUT2D eigenvalue weighted by Crippen LogP contribution is 2.47. The molecule has 0 aromatic heterocycles. The molecule has 106 valence electrons. The van der Waals surface area contributed by atoms with Crippen LogP contribution in [0.1, 0.15) is 32.6 Å². The summed E-state index contributed by atoms with van der Waals surface area (Å²) < 4.78 is 0. The molecular formula is C13H20N2O2S2. The minimum Gasteiger partial charge on any atom is -0.351 e. The second-order valence-corrected chi connectivity index (χ2v) is 8.39. The Morgan fingerprint density at radius 1 is 1.42 bits per heavy atom. The summed E-state index contributed by atoms with van der Waals surface area (Å²) in [5, 5.41) is 3.15. The van der Waals surface area contributed by atoms with Gasteiger partial charge in [0.1, 0.15) is 6.04 Å². The van der Waals surface area contributed by atoms with Crippen molar-refractivity contribution >= 4 is 35.3 Å². The second-order valence-electron chi connectivity index (χ2n) is 5.66. The number of hydrogen-bond acceptors (Lipinski definition) is 4. The SMILES string of the molecule is C[C@@]12CCC(=O)N1[C@H](C(=O)NC1CCSCC1)CS2. The molecule has 0 unspecified atom stereocenters. The van der Waals surface area contributed by atoms with E-state index in [1.807, 2.05) is 16.7 Å². The Morgan fingerprint density at radius 2 is 2.16 bits per heavy atom. The minimum atomic E-state index is -0.250. The molecule has 3 heterocycles. The molecule has 3 fully saturated rings. The first kappa shape index (κ1) is 13.6. The molecule has 0 aromatic rings. The van der Waals surface area contributed by atoms with Gasteiger partial charge < -0.3 is 10.2 Å². The van der Waals surface area contributed by atoms with Gasteiger partial charge in [-0.25, -0.2) is 0 Å². The maximum atomic E-state index is 12.4. The zero-order valence-corrected chi connectivity index (χ0v) is 12.8. The van der Waals surface area contributed by atoms with Crippen LogP contribution in [0.5, 0.6) is 0 Å². The Morgan fingerprint density at radius 3 is 2.89 bits per heavy atom. The number of amides is 2. The van der Waals surface area contributed by atoms with Gasteiger partial charge in [-0.15, -0.1) is 11.8 Å². The quantitative estimate of drug-likeness (QED) is 0.838. The van der Waals surface area contributed by atoms with E-state index in [-0.39, 0.29) is 22.7 Å². The molecule has 0 aliphatic carbocycles. The summed E-state index contributed by atoms with van der Waals surface area (Å²) in [6.45, 7) is 2.09. The lowest BCUT2D eigenvalue weighted by Gasteiger charge is -2.31. The van der Waals surface area contributed by atoms with Crippen LogP contribution in [0.2, 0.25) is 0 Å². The lowest BCUT2D eigenvalue weighted by Crippen LogP contribution is -2.52. The fourth-order valence-electron chi connectivity index (χ4n) is 3.15. The molecule has 6 heteroatoms. The molecule has 19 heavy (non-hydrogen) atoms. The summed E-state index contributed by atoms with van der Waals surface area (Å²) in [6, 6.07) is 0.0582. The van der Waals surface area contributed by atoms with Crippen LogP contribution in [0, 0.1) is 0 Å². The van der Waals surface area contributed by atoms with Crippen LogP contribution in [-0.4, -0.2) is 50.9 Å². The van der Waals surface area contributed by atoms with Crippen molar-refractivity contribution in [1.82, 2.24) is 10.2 Å². The highest BCUT2D eigenvalue weighted by Gasteiger charge is 2.52. The molecule has 0 saturated carbocycles. The Hall–Kier alpha value is -0.360. The highest BCUT2D eigenvalue weighted by molar-refractivity contribution is 8.01. The molecule has 1 N–H and O–H groups in total. The van der Waals surface area contributed by atoms with Crippen LogP contribution in [0.15, 0.2) is 0 Å². The van der Waals surface area contributed by atoms with Crippen LogP contribution in [-0.2, 0) is 9.59 Å². The van der Waals surface area contributed by atoms with Gasteiger partial charge >= 0.3 is 0 Å². The van der Waals surface area contributed by atoms with E-state index in [2.05, 4.69) is 12.2 Å². The Balaban J connectivity index is 1.65. The summed E-state index contributed by atoms with van der Waals surface area (Å²) >= 11 is 3.71. The van der Waals surface area contributed by atoms with E-state index in [1.165, 1.54) is 0 Å². The van der Waals surface area contributed by atoms with Crippen molar-refractivity contribution in [2.24, 2.45) is 0 Å². The molecule has 3 aliphatic heterocycles. The number of nitrogens with zero attached hydrogens (tertiary/aromatic N) is 1. The van der Waals surface area contributed by atoms with E-state index in [4.69, 9.17) is 0 Å². The van der Waals surface area contributed by atoms with Crippen LogP contribution < -0.4 is 5.32 Å². The second kappa shape index (κ2) is 5.20. The number of nitrogens with one attached hydrogen (secondary N) is 1. The maximum Gasteiger partial charge on any atom is 0.243 e.